The molecule has 8 nitrogen and oxygen atoms in total. The number of benzene rings is 1. The van der Waals surface area contributed by atoms with Crippen LogP contribution < -0.4 is 5.59 Å². The van der Waals surface area contributed by atoms with Crippen LogP contribution >= 0.6 is 0 Å². The zero-order chi connectivity index (χ0) is 18.2. The minimum absolute atomic E-state index is 0.127. The number of aliphatic hydroxyl groups is 2. The number of nitrogens with zero attached hydrogens (tertiary/aromatic N) is 5. The van der Waals surface area contributed by atoms with E-state index in [-0.39, 0.29) is 18.2 Å². The molecule has 1 aromatic carbocycles. The Morgan fingerprint density at radius 3 is 2.73 bits per heavy atom. The van der Waals surface area contributed by atoms with E-state index in [2.05, 4.69) is 42.9 Å². The molecule has 0 bridgehead atoms. The van der Waals surface area contributed by atoms with Crippen LogP contribution in [0.3, 0.4) is 0 Å². The molecule has 0 aliphatic heterocycles. The molecule has 0 amide bonds. The molecule has 0 saturated heterocycles. The Labute approximate surface area is 148 Å². The van der Waals surface area contributed by atoms with Crippen molar-refractivity contribution in [1.82, 2.24) is 20.2 Å². The van der Waals surface area contributed by atoms with Crippen LogP contribution in [-0.4, -0.2) is 44.1 Å². The van der Waals surface area contributed by atoms with Gasteiger partial charge in [-0.05, 0) is 0 Å². The summed E-state index contributed by atoms with van der Waals surface area (Å²) in [5.41, 5.74) is 1.65. The van der Waals surface area contributed by atoms with Crippen LogP contribution in [0.1, 0.15) is 5.69 Å². The van der Waals surface area contributed by atoms with E-state index in [1.165, 1.54) is 13.3 Å². The molecule has 2 N–H and O–H groups in total. The van der Waals surface area contributed by atoms with Gasteiger partial charge in [-0.1, -0.05) is 0 Å². The predicted molar refractivity (Wildman–Crippen MR) is 92.3 cm³/mol. The summed E-state index contributed by atoms with van der Waals surface area (Å²) < 4.78 is 5.69. The van der Waals surface area contributed by atoms with E-state index in [1.54, 1.807) is 6.11 Å². The first kappa shape index (κ1) is 17.0. The molecule has 0 saturated carbocycles. The molecule has 2 heterocycles. The molecule has 9 heteroatoms. The van der Waals surface area contributed by atoms with Gasteiger partial charge in [0, 0.05) is 0 Å². The van der Waals surface area contributed by atoms with E-state index in [9.17, 15) is 0 Å². The normalized spacial score (nSPS) is 9.73. The summed E-state index contributed by atoms with van der Waals surface area (Å²) in [6, 6.07) is 11.4. The number of aromatic nitrogens is 4. The first-order chi connectivity index (χ1) is 12.8. The van der Waals surface area contributed by atoms with Crippen molar-refractivity contribution in [3.8, 4) is 47.0 Å². The third kappa shape index (κ3) is 3.98. The number of aliphatic hydroxyl groups excluding tert-OH is 2. The molecule has 0 aliphatic rings. The first-order valence-corrected chi connectivity index (χ1v) is 7.35. The molecular formula is C17H10BN5O3. The second-order valence-corrected chi connectivity index (χ2v) is 4.71. The summed E-state index contributed by atoms with van der Waals surface area (Å²) in [5.74, 6) is 5.61. The van der Waals surface area contributed by atoms with Crippen LogP contribution in [0.15, 0.2) is 45.8 Å². The molecule has 0 atom stereocenters. The van der Waals surface area contributed by atoms with Gasteiger partial charge in [-0.3, -0.25) is 0 Å². The van der Waals surface area contributed by atoms with Crippen molar-refractivity contribution < 1.29 is 14.6 Å². The van der Waals surface area contributed by atoms with Crippen LogP contribution in [0.2, 0.25) is 0 Å². The molecule has 124 valence electrons. The van der Waals surface area contributed by atoms with Gasteiger partial charge in [0.2, 0.25) is 0 Å². The fourth-order valence-corrected chi connectivity index (χ4v) is 1.98. The maximum absolute atomic E-state index is 8.82. The summed E-state index contributed by atoms with van der Waals surface area (Å²) in [7, 11) is 1.31. The van der Waals surface area contributed by atoms with Gasteiger partial charge in [-0.15, -0.1) is 0 Å². The van der Waals surface area contributed by atoms with E-state index in [0.717, 1.165) is 5.56 Å². The zero-order valence-corrected chi connectivity index (χ0v) is 13.3. The fraction of sp³-hybridized carbons (Fsp3) is 0.0588. The van der Waals surface area contributed by atoms with Crippen molar-refractivity contribution in [3.63, 3.8) is 0 Å². The molecule has 26 heavy (non-hydrogen) atoms. The Morgan fingerprint density at radius 1 is 1.15 bits per heavy atom. The predicted octanol–water partition coefficient (Wildman–Crippen LogP) is 0.341. The van der Waals surface area contributed by atoms with Gasteiger partial charge >= 0.3 is 148 Å². The van der Waals surface area contributed by atoms with Gasteiger partial charge in [-0.25, -0.2) is 0 Å². The minimum atomic E-state index is -0.301. The van der Waals surface area contributed by atoms with Crippen molar-refractivity contribution in [2.75, 3.05) is 6.61 Å². The average Bonchev–Trinajstić information content (AvgIpc) is 3.18. The van der Waals surface area contributed by atoms with Gasteiger partial charge in [0.15, 0.2) is 0 Å². The molecular weight excluding hydrogens is 333 g/mol. The molecule has 3 aromatic rings. The summed E-state index contributed by atoms with van der Waals surface area (Å²) in [6.45, 7) is -0.301. The third-order valence-electron chi connectivity index (χ3n) is 3.05. The number of hydrogen-bond donors (Lipinski definition) is 2. The van der Waals surface area contributed by atoms with Crippen molar-refractivity contribution in [3.05, 3.63) is 42.2 Å². The zero-order valence-electron chi connectivity index (χ0n) is 13.3. The Bertz CT molecular complexity index is 1060. The maximum atomic E-state index is 8.82. The van der Waals surface area contributed by atoms with E-state index in [0.29, 0.717) is 17.2 Å². The second-order valence-electron chi connectivity index (χ2n) is 4.71. The number of hydrogen-bond acceptors (Lipinski definition) is 8. The summed E-state index contributed by atoms with van der Waals surface area (Å²) in [5, 5.41) is 25.4. The van der Waals surface area contributed by atoms with E-state index in [1.807, 2.05) is 30.3 Å². The van der Waals surface area contributed by atoms with E-state index in [4.69, 9.17) is 14.6 Å². The molecule has 0 spiro atoms. The Morgan fingerprint density at radius 2 is 1.96 bits per heavy atom. The molecule has 2 aromatic heterocycles. The standard InChI is InChI=1S/C17H10BN5O3/c24-9-4-7-13-11-19-15(18-20-8-10-25)14(21-13)17-23-22-16(26-17)12-5-2-1-3-6-12/h1-3,5-6,11,24-25H,9H2. The third-order valence-corrected chi connectivity index (χ3v) is 3.05. The Balaban J connectivity index is 2.05. The van der Waals surface area contributed by atoms with E-state index < -0.39 is 0 Å². The fourth-order valence-electron chi connectivity index (χ4n) is 1.98. The van der Waals surface area contributed by atoms with Crippen LogP contribution in [0.5, 0.6) is 0 Å². The Kier molecular flexibility index (Phi) is 5.46. The van der Waals surface area contributed by atoms with Crippen molar-refractivity contribution in [1.29, 1.82) is 0 Å². The van der Waals surface area contributed by atoms with E-state index >= 15 is 0 Å². The summed E-state index contributed by atoms with van der Waals surface area (Å²) >= 11 is 0. The van der Waals surface area contributed by atoms with Gasteiger partial charge in [0.05, 0.1) is 0 Å². The van der Waals surface area contributed by atoms with Gasteiger partial charge < -0.3 is 0 Å². The summed E-state index contributed by atoms with van der Waals surface area (Å²) in [6.07, 6.45) is 3.08. The molecule has 0 aliphatic carbocycles. The van der Waals surface area contributed by atoms with Gasteiger partial charge in [-0.2, -0.15) is 0 Å². The molecule has 0 radical (unpaired) electrons. The second kappa shape index (κ2) is 8.33. The van der Waals surface area contributed by atoms with Crippen LogP contribution in [0, 0.1) is 24.0 Å². The SMILES string of the molecule is OC#CN=Bc1ncc(C#CCO)nc1-c1nnc(-c2ccccc2)o1. The Hall–Kier alpha value is -3.82. The van der Waals surface area contributed by atoms with Crippen molar-refractivity contribution >= 4 is 12.7 Å². The molecule has 3 rings (SSSR count). The molecule has 0 fully saturated rings. The first-order valence-electron chi connectivity index (χ1n) is 7.35. The summed E-state index contributed by atoms with van der Waals surface area (Å²) in [4.78, 5) is 12.2. The van der Waals surface area contributed by atoms with Crippen LogP contribution in [0.25, 0.3) is 23.0 Å². The monoisotopic (exact) mass is 343 g/mol. The van der Waals surface area contributed by atoms with Crippen molar-refractivity contribution in [2.45, 2.75) is 0 Å². The number of rotatable bonds is 3. The topological polar surface area (TPSA) is 118 Å². The van der Waals surface area contributed by atoms with Gasteiger partial charge in [0.25, 0.3) is 0 Å². The quantitative estimate of drug-likeness (QED) is 0.520. The van der Waals surface area contributed by atoms with Crippen molar-refractivity contribution in [2.24, 2.45) is 4.90 Å². The molecule has 0 unspecified atom stereocenters. The average molecular weight is 343 g/mol. The van der Waals surface area contributed by atoms with Crippen LogP contribution in [-0.2, 0) is 0 Å². The van der Waals surface area contributed by atoms with Crippen LogP contribution in [0.4, 0.5) is 0 Å². The van der Waals surface area contributed by atoms with Gasteiger partial charge in [0.1, 0.15) is 0 Å².